The van der Waals surface area contributed by atoms with Crippen molar-refractivity contribution in [2.75, 3.05) is 6.61 Å². The van der Waals surface area contributed by atoms with E-state index in [9.17, 15) is 0 Å². The molecule has 0 saturated heterocycles. The molecule has 0 aliphatic heterocycles. The fourth-order valence-electron chi connectivity index (χ4n) is 2.44. The summed E-state index contributed by atoms with van der Waals surface area (Å²) in [6, 6.07) is 18.8. The number of alkyl halides is 1. The minimum atomic E-state index is 0.636. The summed E-state index contributed by atoms with van der Waals surface area (Å²) in [6.07, 6.45) is 6.12. The Labute approximate surface area is 142 Å². The Kier molecular flexibility index (Phi) is 7.51. The molecular formula is C20H25BrO. The predicted molar refractivity (Wildman–Crippen MR) is 98.8 cm³/mol. The molecule has 118 valence electrons. The van der Waals surface area contributed by atoms with Crippen molar-refractivity contribution < 1.29 is 4.74 Å². The average Bonchev–Trinajstić information content (AvgIpc) is 2.58. The highest BCUT2D eigenvalue weighted by molar-refractivity contribution is 9.09. The van der Waals surface area contributed by atoms with Gasteiger partial charge < -0.3 is 4.74 Å². The Hall–Kier alpha value is -1.28. The summed E-state index contributed by atoms with van der Waals surface area (Å²) < 4.78 is 5.83. The van der Waals surface area contributed by atoms with Gasteiger partial charge in [0, 0.05) is 4.83 Å². The summed E-state index contributed by atoms with van der Waals surface area (Å²) in [4.78, 5) is 0.636. The summed E-state index contributed by atoms with van der Waals surface area (Å²) in [5.74, 6) is 0.958. The smallest absolute Gasteiger partial charge is 0.119 e. The first-order valence-electron chi connectivity index (χ1n) is 8.22. The Morgan fingerprint density at radius 2 is 1.50 bits per heavy atom. The summed E-state index contributed by atoms with van der Waals surface area (Å²) >= 11 is 3.75. The number of rotatable bonds is 9. The van der Waals surface area contributed by atoms with E-state index in [0.29, 0.717) is 4.83 Å². The van der Waals surface area contributed by atoms with Gasteiger partial charge in [-0.2, -0.15) is 0 Å². The van der Waals surface area contributed by atoms with Crippen LogP contribution in [0.5, 0.6) is 5.75 Å². The maximum absolute atomic E-state index is 5.83. The molecule has 1 nitrogen and oxygen atoms in total. The molecule has 0 saturated carbocycles. The lowest BCUT2D eigenvalue weighted by Crippen LogP contribution is -2.03. The topological polar surface area (TPSA) is 9.23 Å². The zero-order valence-electron chi connectivity index (χ0n) is 13.3. The molecule has 2 rings (SSSR count). The van der Waals surface area contributed by atoms with Crippen molar-refractivity contribution in [3.63, 3.8) is 0 Å². The number of ether oxygens (including phenoxy) is 1. The summed E-state index contributed by atoms with van der Waals surface area (Å²) in [5.41, 5.74) is 2.47. The number of hydrogen-bond acceptors (Lipinski definition) is 1. The summed E-state index contributed by atoms with van der Waals surface area (Å²) in [7, 11) is 0. The van der Waals surface area contributed by atoms with E-state index in [-0.39, 0.29) is 0 Å². The molecule has 0 radical (unpaired) electrons. The van der Waals surface area contributed by atoms with Crippen molar-refractivity contribution in [1.82, 2.24) is 0 Å². The molecule has 0 spiro atoms. The second-order valence-corrected chi connectivity index (χ2v) is 6.92. The first kappa shape index (κ1) is 17.1. The molecule has 1 atom stereocenters. The van der Waals surface area contributed by atoms with Crippen molar-refractivity contribution in [3.8, 4) is 16.9 Å². The van der Waals surface area contributed by atoms with Gasteiger partial charge in [-0.05, 0) is 42.5 Å². The van der Waals surface area contributed by atoms with Crippen LogP contribution in [-0.4, -0.2) is 11.4 Å². The molecule has 0 aliphatic carbocycles. The van der Waals surface area contributed by atoms with Gasteiger partial charge in [-0.3, -0.25) is 0 Å². The van der Waals surface area contributed by atoms with Gasteiger partial charge >= 0.3 is 0 Å². The van der Waals surface area contributed by atoms with Crippen LogP contribution in [0.25, 0.3) is 11.1 Å². The average molecular weight is 361 g/mol. The Bertz CT molecular complexity index is 521. The lowest BCUT2D eigenvalue weighted by Gasteiger charge is -2.10. The molecule has 0 heterocycles. The minimum Gasteiger partial charge on any atom is -0.494 e. The number of benzene rings is 2. The highest BCUT2D eigenvalue weighted by Crippen LogP contribution is 2.22. The van der Waals surface area contributed by atoms with Gasteiger partial charge in [0.1, 0.15) is 5.75 Å². The van der Waals surface area contributed by atoms with E-state index in [1.54, 1.807) is 0 Å². The molecule has 0 aromatic heterocycles. The van der Waals surface area contributed by atoms with Gasteiger partial charge in [0.15, 0.2) is 0 Å². The Morgan fingerprint density at radius 3 is 2.18 bits per heavy atom. The zero-order chi connectivity index (χ0) is 15.6. The predicted octanol–water partition coefficient (Wildman–Crippen LogP) is 6.47. The molecule has 2 aromatic rings. The molecule has 0 N–H and O–H groups in total. The lowest BCUT2D eigenvalue weighted by atomic mass is 10.1. The van der Waals surface area contributed by atoms with Gasteiger partial charge in [-0.25, -0.2) is 0 Å². The van der Waals surface area contributed by atoms with Crippen molar-refractivity contribution in [2.24, 2.45) is 0 Å². The third-order valence-electron chi connectivity index (χ3n) is 3.76. The van der Waals surface area contributed by atoms with Crippen LogP contribution in [0, 0.1) is 0 Å². The lowest BCUT2D eigenvalue weighted by molar-refractivity contribution is 0.305. The maximum Gasteiger partial charge on any atom is 0.119 e. The Balaban J connectivity index is 1.73. The van der Waals surface area contributed by atoms with Crippen LogP contribution in [0.4, 0.5) is 0 Å². The number of hydrogen-bond donors (Lipinski definition) is 0. The number of unbranched alkanes of at least 4 members (excludes halogenated alkanes) is 1. The van der Waals surface area contributed by atoms with E-state index < -0.39 is 0 Å². The molecule has 0 aliphatic rings. The van der Waals surface area contributed by atoms with Gasteiger partial charge in [0.05, 0.1) is 6.61 Å². The van der Waals surface area contributed by atoms with E-state index in [2.05, 4.69) is 71.4 Å². The molecule has 1 unspecified atom stereocenters. The van der Waals surface area contributed by atoms with Crippen LogP contribution in [0.3, 0.4) is 0 Å². The maximum atomic E-state index is 5.83. The SMILES string of the molecule is CCCCC(Br)CCCOc1ccc(-c2ccccc2)cc1. The Morgan fingerprint density at radius 1 is 0.864 bits per heavy atom. The van der Waals surface area contributed by atoms with Gasteiger partial charge in [0.25, 0.3) is 0 Å². The van der Waals surface area contributed by atoms with Crippen LogP contribution in [0.1, 0.15) is 39.0 Å². The van der Waals surface area contributed by atoms with Gasteiger partial charge in [-0.15, -0.1) is 0 Å². The molecular weight excluding hydrogens is 336 g/mol. The monoisotopic (exact) mass is 360 g/mol. The summed E-state index contributed by atoms with van der Waals surface area (Å²) in [6.45, 7) is 3.03. The number of halogens is 1. The van der Waals surface area contributed by atoms with Crippen molar-refractivity contribution >= 4 is 15.9 Å². The molecule has 2 heteroatoms. The highest BCUT2D eigenvalue weighted by Gasteiger charge is 2.03. The van der Waals surface area contributed by atoms with Crippen LogP contribution < -0.4 is 4.74 Å². The van der Waals surface area contributed by atoms with Crippen LogP contribution in [-0.2, 0) is 0 Å². The quantitative estimate of drug-likeness (QED) is 0.368. The van der Waals surface area contributed by atoms with Gasteiger partial charge in [0.2, 0.25) is 0 Å². The molecule has 22 heavy (non-hydrogen) atoms. The van der Waals surface area contributed by atoms with E-state index in [1.165, 1.54) is 36.8 Å². The second kappa shape index (κ2) is 9.68. The van der Waals surface area contributed by atoms with Crippen LogP contribution in [0.15, 0.2) is 54.6 Å². The molecule has 0 bridgehead atoms. The third-order valence-corrected chi connectivity index (χ3v) is 4.68. The fraction of sp³-hybridized carbons (Fsp3) is 0.400. The second-order valence-electron chi connectivity index (χ2n) is 5.62. The molecule has 0 fully saturated rings. The van der Waals surface area contributed by atoms with E-state index >= 15 is 0 Å². The van der Waals surface area contributed by atoms with Crippen LogP contribution in [0.2, 0.25) is 0 Å². The van der Waals surface area contributed by atoms with Crippen molar-refractivity contribution in [2.45, 2.75) is 43.9 Å². The van der Waals surface area contributed by atoms with Gasteiger partial charge in [-0.1, -0.05) is 78.2 Å². The minimum absolute atomic E-state index is 0.636. The van der Waals surface area contributed by atoms with Crippen molar-refractivity contribution in [3.05, 3.63) is 54.6 Å². The molecule has 2 aromatic carbocycles. The van der Waals surface area contributed by atoms with E-state index in [0.717, 1.165) is 18.8 Å². The normalized spacial score (nSPS) is 12.1. The van der Waals surface area contributed by atoms with Crippen molar-refractivity contribution in [1.29, 1.82) is 0 Å². The van der Waals surface area contributed by atoms with E-state index in [1.807, 2.05) is 6.07 Å². The largest absolute Gasteiger partial charge is 0.494 e. The first-order valence-corrected chi connectivity index (χ1v) is 9.13. The zero-order valence-corrected chi connectivity index (χ0v) is 14.9. The fourth-order valence-corrected chi connectivity index (χ4v) is 3.09. The first-order chi connectivity index (χ1) is 10.8. The standard InChI is InChI=1S/C20H25BrO/c1-2-3-10-19(21)11-7-16-22-20-14-12-18(13-15-20)17-8-5-4-6-9-17/h4-6,8-9,12-15,19H,2-3,7,10-11,16H2,1H3. The van der Waals surface area contributed by atoms with Crippen LogP contribution >= 0.6 is 15.9 Å². The van der Waals surface area contributed by atoms with E-state index in [4.69, 9.17) is 4.74 Å². The molecule has 0 amide bonds. The third kappa shape index (κ3) is 5.84. The highest BCUT2D eigenvalue weighted by atomic mass is 79.9. The summed E-state index contributed by atoms with van der Waals surface area (Å²) in [5, 5.41) is 0.